The summed E-state index contributed by atoms with van der Waals surface area (Å²) in [4.78, 5) is 12.2. The zero-order valence-corrected chi connectivity index (χ0v) is 18.6. The van der Waals surface area contributed by atoms with Crippen LogP contribution in [0, 0.1) is 21.5 Å². The Hall–Kier alpha value is -0.346. The van der Waals surface area contributed by atoms with Crippen LogP contribution in [0.2, 0.25) is 5.02 Å². The largest absolute Gasteiger partial charge is 0.481 e. The van der Waals surface area contributed by atoms with Gasteiger partial charge >= 0.3 is 0 Å². The maximum Gasteiger partial charge on any atom is 0.207 e. The number of nitrogens with zero attached hydrogens (tertiary/aromatic N) is 1. The summed E-state index contributed by atoms with van der Waals surface area (Å²) in [6.07, 6.45) is 0. The molecule has 0 atom stereocenters. The van der Waals surface area contributed by atoms with Crippen LogP contribution in [0.15, 0.2) is 29.1 Å². The van der Waals surface area contributed by atoms with Gasteiger partial charge in [0.05, 0.1) is 0 Å². The summed E-state index contributed by atoms with van der Waals surface area (Å²) in [5, 5.41) is 0.515. The van der Waals surface area contributed by atoms with Gasteiger partial charge in [-0.1, -0.05) is 28.8 Å². The van der Waals surface area contributed by atoms with E-state index in [2.05, 4.69) is 17.9 Å². The number of hydrogen-bond acceptors (Lipinski definition) is 2. The van der Waals surface area contributed by atoms with E-state index in [1.165, 1.54) is 0 Å². The van der Waals surface area contributed by atoms with E-state index < -0.39 is 0 Å². The molecule has 0 unspecified atom stereocenters. The maximum absolute atomic E-state index is 12.2. The summed E-state index contributed by atoms with van der Waals surface area (Å²) >= 11 is 8.36. The summed E-state index contributed by atoms with van der Waals surface area (Å²) in [5.41, 5.74) is 1.40. The minimum atomic E-state index is -0.0357. The van der Waals surface area contributed by atoms with Crippen LogP contribution in [0.5, 0.6) is 5.75 Å². The minimum Gasteiger partial charge on any atom is -0.481 e. The quantitative estimate of drug-likeness (QED) is 0.350. The predicted molar refractivity (Wildman–Crippen MR) is 97.3 cm³/mol. The Kier molecular flexibility index (Phi) is 8.85. The van der Waals surface area contributed by atoms with Gasteiger partial charge in [0.25, 0.3) is 0 Å². The van der Waals surface area contributed by atoms with E-state index in [0.717, 1.165) is 5.56 Å². The molecule has 0 aliphatic rings. The number of rotatable bonds is 4. The number of hydrogen-bond donors (Lipinski definition) is 0. The predicted octanol–water partition coefficient (Wildman–Crippen LogP) is 3.99. The van der Waals surface area contributed by atoms with E-state index in [-0.39, 0.29) is 38.3 Å². The first-order valence-electron chi connectivity index (χ1n) is 6.71. The molecular formula is C17H14ClINO2Y-. The van der Waals surface area contributed by atoms with E-state index in [1.54, 1.807) is 23.6 Å². The van der Waals surface area contributed by atoms with Gasteiger partial charge in [0.2, 0.25) is 5.56 Å². The van der Waals surface area contributed by atoms with Crippen molar-refractivity contribution in [2.45, 2.75) is 20.4 Å². The van der Waals surface area contributed by atoms with Crippen molar-refractivity contribution < 1.29 is 37.4 Å². The molecule has 1 aromatic carbocycles. The molecule has 23 heavy (non-hydrogen) atoms. The Morgan fingerprint density at radius 1 is 1.43 bits per heavy atom. The van der Waals surface area contributed by atoms with Crippen molar-refractivity contribution in [2.75, 3.05) is 6.61 Å². The van der Waals surface area contributed by atoms with Crippen LogP contribution in [-0.2, 0) is 39.3 Å². The van der Waals surface area contributed by atoms with E-state index in [0.29, 0.717) is 33.2 Å². The monoisotopic (exact) mass is 515 g/mol. The van der Waals surface area contributed by atoms with Crippen LogP contribution >= 0.6 is 34.2 Å². The maximum atomic E-state index is 12.2. The SMILES string of the molecule is CC#CCOc1ccc(-c2[c-]cc(I)c(=O)n2CC)c(Cl)c1.[Y]. The number of halogens is 2. The molecule has 2 aromatic rings. The van der Waals surface area contributed by atoms with Crippen molar-refractivity contribution in [2.24, 2.45) is 0 Å². The molecule has 0 aliphatic carbocycles. The Bertz CT molecular complexity index is 808. The standard InChI is InChI=1S/C17H14ClINO2.Y/c1-3-5-10-22-12-6-7-13(14(18)11-12)16-9-8-15(19)17(21)20(16)4-2;/h6-8,11H,4,10H2,1-2H3;/q-1;. The summed E-state index contributed by atoms with van der Waals surface area (Å²) < 4.78 is 7.77. The van der Waals surface area contributed by atoms with Gasteiger partial charge < -0.3 is 9.30 Å². The molecule has 0 N–H and O–H groups in total. The normalized spacial score (nSPS) is 9.57. The zero-order valence-electron chi connectivity index (χ0n) is 12.8. The smallest absolute Gasteiger partial charge is 0.207 e. The second kappa shape index (κ2) is 9.83. The topological polar surface area (TPSA) is 31.2 Å². The van der Waals surface area contributed by atoms with E-state index in [1.807, 2.05) is 41.6 Å². The van der Waals surface area contributed by atoms with E-state index in [9.17, 15) is 4.79 Å². The number of benzene rings is 1. The number of aromatic nitrogens is 1. The molecule has 0 saturated heterocycles. The molecule has 0 spiro atoms. The molecule has 6 heteroatoms. The summed E-state index contributed by atoms with van der Waals surface area (Å²) in [6.45, 7) is 4.56. The molecule has 1 aromatic heterocycles. The van der Waals surface area contributed by atoms with Gasteiger partial charge in [-0.05, 0) is 34.6 Å². The fourth-order valence-corrected chi connectivity index (χ4v) is 2.70. The Balaban J connectivity index is 0.00000264. The van der Waals surface area contributed by atoms with Crippen molar-refractivity contribution in [3.63, 3.8) is 0 Å². The van der Waals surface area contributed by atoms with Crippen molar-refractivity contribution in [1.82, 2.24) is 4.57 Å². The van der Waals surface area contributed by atoms with Crippen LogP contribution < -0.4 is 10.3 Å². The van der Waals surface area contributed by atoms with Gasteiger partial charge in [-0.25, -0.2) is 0 Å². The first-order valence-corrected chi connectivity index (χ1v) is 8.17. The Morgan fingerprint density at radius 3 is 2.78 bits per heavy atom. The summed E-state index contributed by atoms with van der Waals surface area (Å²) in [7, 11) is 0. The molecule has 2 rings (SSSR count). The van der Waals surface area contributed by atoms with Gasteiger partial charge in [-0.2, -0.15) is 12.1 Å². The summed E-state index contributed by atoms with van der Waals surface area (Å²) in [6, 6.07) is 10.2. The molecule has 1 radical (unpaired) electrons. The molecule has 0 fully saturated rings. The Labute approximate surface area is 179 Å². The van der Waals surface area contributed by atoms with Crippen molar-refractivity contribution in [3.05, 3.63) is 49.3 Å². The average Bonchev–Trinajstić information content (AvgIpc) is 2.51. The molecule has 0 saturated carbocycles. The van der Waals surface area contributed by atoms with Crippen LogP contribution in [0.4, 0.5) is 0 Å². The fraction of sp³-hybridized carbons (Fsp3) is 0.235. The van der Waals surface area contributed by atoms with Gasteiger partial charge in [0, 0.05) is 39.3 Å². The van der Waals surface area contributed by atoms with E-state index in [4.69, 9.17) is 16.3 Å². The van der Waals surface area contributed by atoms with Crippen molar-refractivity contribution in [3.8, 4) is 28.8 Å². The molecule has 0 bridgehead atoms. The Morgan fingerprint density at radius 2 is 2.17 bits per heavy atom. The van der Waals surface area contributed by atoms with Crippen LogP contribution in [0.25, 0.3) is 11.3 Å². The first-order chi connectivity index (χ1) is 10.6. The molecular weight excluding hydrogens is 501 g/mol. The third-order valence-corrected chi connectivity index (χ3v) is 4.14. The van der Waals surface area contributed by atoms with Crippen LogP contribution in [0.3, 0.4) is 0 Å². The second-order valence-corrected chi connectivity index (χ2v) is 5.96. The molecule has 0 amide bonds. The number of ether oxygens (including phenoxy) is 1. The molecule has 0 aliphatic heterocycles. The second-order valence-electron chi connectivity index (χ2n) is 4.39. The average molecular weight is 516 g/mol. The van der Waals surface area contributed by atoms with Gasteiger partial charge in [-0.15, -0.1) is 34.6 Å². The van der Waals surface area contributed by atoms with Crippen molar-refractivity contribution >= 4 is 34.2 Å². The minimum absolute atomic E-state index is 0. The molecule has 117 valence electrons. The van der Waals surface area contributed by atoms with Gasteiger partial charge in [-0.3, -0.25) is 4.79 Å². The van der Waals surface area contributed by atoms with Crippen LogP contribution in [0.1, 0.15) is 13.8 Å². The fourth-order valence-electron chi connectivity index (χ4n) is 2.00. The van der Waals surface area contributed by atoms with Crippen LogP contribution in [-0.4, -0.2) is 11.2 Å². The molecule has 3 nitrogen and oxygen atoms in total. The first kappa shape index (κ1) is 20.7. The van der Waals surface area contributed by atoms with Crippen molar-refractivity contribution in [1.29, 1.82) is 0 Å². The van der Waals surface area contributed by atoms with Gasteiger partial charge in [0.1, 0.15) is 12.4 Å². The van der Waals surface area contributed by atoms with E-state index >= 15 is 0 Å². The van der Waals surface area contributed by atoms with Gasteiger partial charge in [0.15, 0.2) is 0 Å². The number of pyridine rings is 1. The summed E-state index contributed by atoms with van der Waals surface area (Å²) in [5.74, 6) is 6.24. The molecule has 1 heterocycles. The third-order valence-electron chi connectivity index (χ3n) is 3.05. The zero-order chi connectivity index (χ0) is 16.1. The third kappa shape index (κ3) is 5.06.